The molecule has 1 aliphatic heterocycles. The Morgan fingerprint density at radius 3 is 2.57 bits per heavy atom. The lowest BCUT2D eigenvalue weighted by Gasteiger charge is -2.60. The van der Waals surface area contributed by atoms with E-state index in [-0.39, 0.29) is 29.8 Å². The largest absolute Gasteiger partial charge is 0.498 e. The van der Waals surface area contributed by atoms with Crippen molar-refractivity contribution in [3.8, 4) is 11.5 Å². The standard InChI is InChI=1S/C28H37BO6/c1-9-11-17(10-2)16-32-21-13-12-20(25(31-8)23(21)26(30)33-27(3,4)5)29-34-22-15-18-14-19(24(22)35-29)28(18,6)7/h9-13,18-19,22,24H,1-2,14-16H2,3-8H3/b17-11+. The summed E-state index contributed by atoms with van der Waals surface area (Å²) >= 11 is 0. The van der Waals surface area contributed by atoms with Gasteiger partial charge in [-0.3, -0.25) is 0 Å². The molecular formula is C28H37BO6. The molecule has 188 valence electrons. The molecule has 3 saturated carbocycles. The van der Waals surface area contributed by atoms with Crippen LogP contribution in [0.25, 0.3) is 0 Å². The van der Waals surface area contributed by atoms with Crippen molar-refractivity contribution >= 4 is 18.6 Å². The molecular weight excluding hydrogens is 443 g/mol. The highest BCUT2D eigenvalue weighted by molar-refractivity contribution is 6.63. The molecule has 0 aromatic heterocycles. The second kappa shape index (κ2) is 9.51. The van der Waals surface area contributed by atoms with Crippen LogP contribution in [0.4, 0.5) is 0 Å². The van der Waals surface area contributed by atoms with Gasteiger partial charge in [-0.1, -0.05) is 51.3 Å². The summed E-state index contributed by atoms with van der Waals surface area (Å²) in [4.78, 5) is 13.3. The second-order valence-electron chi connectivity index (χ2n) is 11.2. The average Bonchev–Trinajstić information content (AvgIpc) is 3.23. The first-order valence-electron chi connectivity index (χ1n) is 12.3. The van der Waals surface area contributed by atoms with Gasteiger partial charge in [0.2, 0.25) is 0 Å². The fourth-order valence-corrected chi connectivity index (χ4v) is 5.60. The zero-order valence-electron chi connectivity index (χ0n) is 21.8. The van der Waals surface area contributed by atoms with Crippen molar-refractivity contribution < 1.29 is 28.3 Å². The first-order chi connectivity index (χ1) is 16.5. The van der Waals surface area contributed by atoms with E-state index < -0.39 is 18.7 Å². The number of hydrogen-bond acceptors (Lipinski definition) is 6. The van der Waals surface area contributed by atoms with Crippen LogP contribution in [0, 0.1) is 17.3 Å². The fourth-order valence-electron chi connectivity index (χ4n) is 5.60. The first kappa shape index (κ1) is 25.6. The number of benzene rings is 1. The van der Waals surface area contributed by atoms with E-state index in [9.17, 15) is 4.79 Å². The van der Waals surface area contributed by atoms with Crippen molar-refractivity contribution in [1.82, 2.24) is 0 Å². The number of methoxy groups -OCH3 is 1. The van der Waals surface area contributed by atoms with Crippen LogP contribution in [0.15, 0.2) is 49.1 Å². The Labute approximate surface area is 209 Å². The Kier molecular flexibility index (Phi) is 6.95. The molecule has 1 aromatic rings. The maximum Gasteiger partial charge on any atom is 0.498 e. The molecule has 5 rings (SSSR count). The molecule has 6 nitrogen and oxygen atoms in total. The van der Waals surface area contributed by atoms with Crippen LogP contribution >= 0.6 is 0 Å². The van der Waals surface area contributed by atoms with Crippen molar-refractivity contribution in [2.75, 3.05) is 13.7 Å². The molecule has 4 atom stereocenters. The molecule has 1 heterocycles. The number of carbonyl (C=O) groups excluding carboxylic acids is 1. The predicted molar refractivity (Wildman–Crippen MR) is 137 cm³/mol. The normalized spacial score (nSPS) is 26.9. The molecule has 0 radical (unpaired) electrons. The van der Waals surface area contributed by atoms with Crippen molar-refractivity contribution in [2.45, 2.75) is 65.3 Å². The zero-order valence-corrected chi connectivity index (χ0v) is 21.8. The molecule has 4 aliphatic rings. The second-order valence-corrected chi connectivity index (χ2v) is 11.2. The lowest BCUT2D eigenvalue weighted by atomic mass is 9.47. The maximum atomic E-state index is 13.3. The molecule has 1 saturated heterocycles. The lowest BCUT2D eigenvalue weighted by Crippen LogP contribution is -2.59. The number of allylic oxidation sites excluding steroid dienone is 2. The SMILES string of the molecule is C=C/C=C(\C=C)COc1ccc(B2OC3CC4CC(C3O2)C4(C)C)c(OC)c1C(=O)OC(C)(C)C. The zero-order chi connectivity index (χ0) is 25.5. The Bertz CT molecular complexity index is 1040. The van der Waals surface area contributed by atoms with Gasteiger partial charge in [0.05, 0.1) is 19.3 Å². The van der Waals surface area contributed by atoms with Crippen LogP contribution in [-0.2, 0) is 14.0 Å². The van der Waals surface area contributed by atoms with Crippen LogP contribution < -0.4 is 14.9 Å². The van der Waals surface area contributed by atoms with Gasteiger partial charge in [-0.25, -0.2) is 4.79 Å². The number of rotatable bonds is 8. The molecule has 7 heteroatoms. The Hall–Kier alpha value is -2.51. The summed E-state index contributed by atoms with van der Waals surface area (Å²) in [5.74, 6) is 1.31. The van der Waals surface area contributed by atoms with Crippen LogP contribution in [0.2, 0.25) is 0 Å². The summed E-state index contributed by atoms with van der Waals surface area (Å²) < 4.78 is 30.4. The van der Waals surface area contributed by atoms with E-state index in [1.54, 1.807) is 24.3 Å². The van der Waals surface area contributed by atoms with Gasteiger partial charge in [-0.05, 0) is 62.5 Å². The van der Waals surface area contributed by atoms with E-state index in [0.29, 0.717) is 28.8 Å². The van der Waals surface area contributed by atoms with Gasteiger partial charge in [0.1, 0.15) is 29.3 Å². The molecule has 4 fully saturated rings. The van der Waals surface area contributed by atoms with Gasteiger partial charge in [-0.2, -0.15) is 0 Å². The van der Waals surface area contributed by atoms with Gasteiger partial charge in [0, 0.05) is 5.46 Å². The van der Waals surface area contributed by atoms with Gasteiger partial charge >= 0.3 is 13.1 Å². The lowest BCUT2D eigenvalue weighted by molar-refractivity contribution is -0.150. The molecule has 0 amide bonds. The fraction of sp³-hybridized carbons (Fsp3) is 0.536. The summed E-state index contributed by atoms with van der Waals surface area (Å²) in [7, 11) is 0.917. The van der Waals surface area contributed by atoms with Crippen LogP contribution in [0.1, 0.15) is 57.8 Å². The summed E-state index contributed by atoms with van der Waals surface area (Å²) in [6, 6.07) is 3.61. The number of carbonyl (C=O) groups is 1. The van der Waals surface area contributed by atoms with Crippen molar-refractivity contribution in [2.24, 2.45) is 17.3 Å². The molecule has 35 heavy (non-hydrogen) atoms. The van der Waals surface area contributed by atoms with E-state index in [2.05, 4.69) is 27.0 Å². The molecule has 2 bridgehead atoms. The minimum atomic E-state index is -0.688. The highest BCUT2D eigenvalue weighted by atomic mass is 16.7. The molecule has 3 aliphatic carbocycles. The van der Waals surface area contributed by atoms with E-state index in [1.807, 2.05) is 26.8 Å². The highest BCUT2D eigenvalue weighted by Gasteiger charge is 2.62. The third-order valence-electron chi connectivity index (χ3n) is 7.60. The smallest absolute Gasteiger partial charge is 0.496 e. The van der Waals surface area contributed by atoms with E-state index in [4.69, 9.17) is 23.5 Å². The summed E-state index contributed by atoms with van der Waals surface area (Å²) in [6.45, 7) is 17.9. The van der Waals surface area contributed by atoms with Crippen molar-refractivity contribution in [3.63, 3.8) is 0 Å². The highest BCUT2D eigenvalue weighted by Crippen LogP contribution is 2.61. The van der Waals surface area contributed by atoms with Crippen LogP contribution in [0.5, 0.6) is 11.5 Å². The molecule has 1 aromatic carbocycles. The van der Waals surface area contributed by atoms with Gasteiger partial charge < -0.3 is 23.5 Å². The number of hydrogen-bond donors (Lipinski definition) is 0. The van der Waals surface area contributed by atoms with Crippen LogP contribution in [0.3, 0.4) is 0 Å². The first-order valence-corrected chi connectivity index (χ1v) is 12.3. The van der Waals surface area contributed by atoms with Gasteiger partial charge in [0.25, 0.3) is 0 Å². The molecule has 0 N–H and O–H groups in total. The third-order valence-corrected chi connectivity index (χ3v) is 7.60. The Morgan fingerprint density at radius 2 is 1.97 bits per heavy atom. The minimum Gasteiger partial charge on any atom is -0.496 e. The minimum absolute atomic E-state index is 0.0461. The van der Waals surface area contributed by atoms with Crippen molar-refractivity contribution in [1.29, 1.82) is 0 Å². The quantitative estimate of drug-likeness (QED) is 0.301. The number of ether oxygens (including phenoxy) is 3. The van der Waals surface area contributed by atoms with Gasteiger partial charge in [0.15, 0.2) is 0 Å². The topological polar surface area (TPSA) is 63.2 Å². The van der Waals surface area contributed by atoms with E-state index in [0.717, 1.165) is 12.0 Å². The summed E-state index contributed by atoms with van der Waals surface area (Å²) in [5, 5.41) is 0. The monoisotopic (exact) mass is 480 g/mol. The maximum absolute atomic E-state index is 13.3. The summed E-state index contributed by atoms with van der Waals surface area (Å²) in [5.41, 5.74) is 1.28. The van der Waals surface area contributed by atoms with Gasteiger partial charge in [-0.15, -0.1) is 0 Å². The van der Waals surface area contributed by atoms with E-state index >= 15 is 0 Å². The predicted octanol–water partition coefficient (Wildman–Crippen LogP) is 4.87. The van der Waals surface area contributed by atoms with E-state index in [1.165, 1.54) is 13.5 Å². The molecule has 0 spiro atoms. The summed E-state index contributed by atoms with van der Waals surface area (Å²) in [6.07, 6.45) is 7.44. The Balaban J connectivity index is 1.68. The Morgan fingerprint density at radius 1 is 1.23 bits per heavy atom. The molecule has 4 unspecified atom stereocenters. The number of esters is 1. The van der Waals surface area contributed by atoms with Crippen molar-refractivity contribution in [3.05, 3.63) is 54.7 Å². The third kappa shape index (κ3) is 4.81. The van der Waals surface area contributed by atoms with Crippen LogP contribution in [-0.4, -0.2) is 44.6 Å². The average molecular weight is 480 g/mol.